The minimum Gasteiger partial charge on any atom is -0.353 e. The van der Waals surface area contributed by atoms with Crippen LogP contribution in [0.3, 0.4) is 0 Å². The Labute approximate surface area is 152 Å². The molecule has 0 fully saturated rings. The van der Waals surface area contributed by atoms with Gasteiger partial charge in [0.15, 0.2) is 5.11 Å². The quantitative estimate of drug-likeness (QED) is 0.723. The average molecular weight is 359 g/mol. The third kappa shape index (κ3) is 5.26. The number of carbonyl (C=O) groups excluding carboxylic acids is 1. The van der Waals surface area contributed by atoms with E-state index in [1.807, 2.05) is 32.9 Å². The van der Waals surface area contributed by atoms with Crippen LogP contribution < -0.4 is 16.0 Å². The highest BCUT2D eigenvalue weighted by Gasteiger charge is 2.09. The number of nitrogens with one attached hydrogen (secondary N) is 3. The second-order valence-electron chi connectivity index (χ2n) is 6.09. The molecule has 0 atom stereocenters. The van der Waals surface area contributed by atoms with Crippen LogP contribution in [0, 0.1) is 33.5 Å². The highest BCUT2D eigenvalue weighted by molar-refractivity contribution is 7.80. The fourth-order valence-corrected chi connectivity index (χ4v) is 2.76. The first-order valence-corrected chi connectivity index (χ1v) is 8.36. The summed E-state index contributed by atoms with van der Waals surface area (Å²) in [6, 6.07) is 8.80. The molecule has 0 bridgehead atoms. The van der Waals surface area contributed by atoms with E-state index >= 15 is 0 Å². The van der Waals surface area contributed by atoms with Gasteiger partial charge in [-0.1, -0.05) is 23.8 Å². The molecule has 0 unspecified atom stereocenters. The molecule has 132 valence electrons. The van der Waals surface area contributed by atoms with Crippen LogP contribution in [0.5, 0.6) is 0 Å². The summed E-state index contributed by atoms with van der Waals surface area (Å²) in [5.41, 5.74) is 5.10. The van der Waals surface area contributed by atoms with Gasteiger partial charge in [0.1, 0.15) is 5.82 Å². The summed E-state index contributed by atoms with van der Waals surface area (Å²) in [6.07, 6.45) is 0. The second kappa shape index (κ2) is 8.07. The minimum atomic E-state index is -0.309. The fourth-order valence-electron chi connectivity index (χ4n) is 2.57. The first-order chi connectivity index (χ1) is 11.8. The van der Waals surface area contributed by atoms with Crippen molar-refractivity contribution in [2.24, 2.45) is 0 Å². The van der Waals surface area contributed by atoms with E-state index in [0.29, 0.717) is 11.3 Å². The van der Waals surface area contributed by atoms with Crippen molar-refractivity contribution < 1.29 is 9.18 Å². The number of halogens is 1. The van der Waals surface area contributed by atoms with Crippen LogP contribution in [0.2, 0.25) is 0 Å². The number of thiocarbonyl (C=S) groups is 1. The molecule has 0 spiro atoms. The number of rotatable bonds is 4. The third-order valence-electron chi connectivity index (χ3n) is 3.78. The zero-order valence-corrected chi connectivity index (χ0v) is 15.6. The van der Waals surface area contributed by atoms with Crippen molar-refractivity contribution in [3.8, 4) is 0 Å². The van der Waals surface area contributed by atoms with Crippen molar-refractivity contribution in [1.29, 1.82) is 0 Å². The highest BCUT2D eigenvalue weighted by atomic mass is 32.1. The lowest BCUT2D eigenvalue weighted by atomic mass is 10.1. The molecule has 1 amide bonds. The maximum absolute atomic E-state index is 13.5. The molecule has 0 heterocycles. The smallest absolute Gasteiger partial charge is 0.243 e. The van der Waals surface area contributed by atoms with Crippen LogP contribution in [0.1, 0.15) is 22.3 Å². The molecule has 0 saturated carbocycles. The molecule has 0 radical (unpaired) electrons. The number of aryl methyl sites for hydroxylation is 4. The molecular formula is C19H22FN3OS. The van der Waals surface area contributed by atoms with Gasteiger partial charge >= 0.3 is 0 Å². The Balaban J connectivity index is 1.89. The van der Waals surface area contributed by atoms with Gasteiger partial charge in [0.2, 0.25) is 5.91 Å². The first kappa shape index (κ1) is 18.9. The van der Waals surface area contributed by atoms with Gasteiger partial charge in [-0.05, 0) is 68.7 Å². The van der Waals surface area contributed by atoms with Gasteiger partial charge in [0.05, 0.1) is 6.54 Å². The van der Waals surface area contributed by atoms with E-state index in [4.69, 9.17) is 12.2 Å². The second-order valence-corrected chi connectivity index (χ2v) is 6.50. The largest absolute Gasteiger partial charge is 0.353 e. The van der Waals surface area contributed by atoms with Crippen molar-refractivity contribution >= 4 is 34.6 Å². The van der Waals surface area contributed by atoms with Crippen LogP contribution in [0.4, 0.5) is 15.8 Å². The van der Waals surface area contributed by atoms with E-state index in [1.54, 1.807) is 19.1 Å². The zero-order valence-electron chi connectivity index (χ0n) is 14.8. The van der Waals surface area contributed by atoms with E-state index < -0.39 is 0 Å². The molecule has 2 rings (SSSR count). The zero-order chi connectivity index (χ0) is 18.6. The standard InChI is InChI=1S/C19H22FN3OS/c1-11-7-13(3)18(14(4)8-11)23-17(24)10-21-19(25)22-15-6-5-12(2)16(20)9-15/h5-9H,10H2,1-4H3,(H,23,24)(H2,21,22,25). The Morgan fingerprint density at radius 1 is 1.00 bits per heavy atom. The SMILES string of the molecule is Cc1cc(C)c(NC(=O)CNC(=S)Nc2ccc(C)c(F)c2)c(C)c1. The summed E-state index contributed by atoms with van der Waals surface area (Å²) in [5, 5.41) is 8.83. The lowest BCUT2D eigenvalue weighted by Crippen LogP contribution is -2.35. The summed E-state index contributed by atoms with van der Waals surface area (Å²) in [7, 11) is 0. The van der Waals surface area contributed by atoms with Crippen molar-refractivity contribution in [3.05, 3.63) is 58.4 Å². The van der Waals surface area contributed by atoms with Crippen LogP contribution in [-0.2, 0) is 4.79 Å². The molecule has 2 aromatic carbocycles. The van der Waals surface area contributed by atoms with E-state index in [1.165, 1.54) is 6.07 Å². The Bertz CT molecular complexity index is 797. The van der Waals surface area contributed by atoms with Crippen molar-refractivity contribution in [2.75, 3.05) is 17.2 Å². The monoisotopic (exact) mass is 359 g/mol. The van der Waals surface area contributed by atoms with Crippen LogP contribution in [0.15, 0.2) is 30.3 Å². The normalized spacial score (nSPS) is 10.3. The van der Waals surface area contributed by atoms with Crippen molar-refractivity contribution in [1.82, 2.24) is 5.32 Å². The summed E-state index contributed by atoms with van der Waals surface area (Å²) in [6.45, 7) is 7.65. The van der Waals surface area contributed by atoms with Crippen LogP contribution in [-0.4, -0.2) is 17.6 Å². The van der Waals surface area contributed by atoms with Crippen LogP contribution >= 0.6 is 12.2 Å². The summed E-state index contributed by atoms with van der Waals surface area (Å²) >= 11 is 5.14. The minimum absolute atomic E-state index is 0.0208. The number of carbonyl (C=O) groups is 1. The molecule has 0 aliphatic carbocycles. The van der Waals surface area contributed by atoms with E-state index in [0.717, 1.165) is 22.4 Å². The topological polar surface area (TPSA) is 53.2 Å². The molecule has 0 aliphatic rings. The Hall–Kier alpha value is -2.47. The van der Waals surface area contributed by atoms with Gasteiger partial charge in [-0.2, -0.15) is 0 Å². The van der Waals surface area contributed by atoms with E-state index in [2.05, 4.69) is 16.0 Å². The molecule has 3 N–H and O–H groups in total. The van der Waals surface area contributed by atoms with Crippen LogP contribution in [0.25, 0.3) is 0 Å². The predicted molar refractivity (Wildman–Crippen MR) is 105 cm³/mol. The number of anilines is 2. The van der Waals surface area contributed by atoms with Gasteiger partial charge in [-0.25, -0.2) is 4.39 Å². The Morgan fingerprint density at radius 3 is 2.24 bits per heavy atom. The third-order valence-corrected chi connectivity index (χ3v) is 4.03. The lowest BCUT2D eigenvalue weighted by Gasteiger charge is -2.14. The van der Waals surface area contributed by atoms with Crippen molar-refractivity contribution in [2.45, 2.75) is 27.7 Å². The molecule has 0 aliphatic heterocycles. The molecule has 0 saturated heterocycles. The van der Waals surface area contributed by atoms with E-state index in [-0.39, 0.29) is 23.4 Å². The number of hydrogen-bond donors (Lipinski definition) is 3. The van der Waals surface area contributed by atoms with E-state index in [9.17, 15) is 9.18 Å². The fraction of sp³-hybridized carbons (Fsp3) is 0.263. The Morgan fingerprint density at radius 2 is 1.64 bits per heavy atom. The number of amides is 1. The summed E-state index contributed by atoms with van der Waals surface area (Å²) in [5.74, 6) is -0.509. The number of benzene rings is 2. The predicted octanol–water partition coefficient (Wildman–Crippen LogP) is 3.98. The van der Waals surface area contributed by atoms with Gasteiger partial charge in [0.25, 0.3) is 0 Å². The average Bonchev–Trinajstić information content (AvgIpc) is 2.52. The summed E-state index contributed by atoms with van der Waals surface area (Å²) in [4.78, 5) is 12.1. The van der Waals surface area contributed by atoms with Crippen molar-refractivity contribution in [3.63, 3.8) is 0 Å². The highest BCUT2D eigenvalue weighted by Crippen LogP contribution is 2.21. The van der Waals surface area contributed by atoms with Gasteiger partial charge in [-0.15, -0.1) is 0 Å². The first-order valence-electron chi connectivity index (χ1n) is 7.95. The van der Waals surface area contributed by atoms with Gasteiger partial charge in [-0.3, -0.25) is 4.79 Å². The molecule has 6 heteroatoms. The molecule has 2 aromatic rings. The molecule has 4 nitrogen and oxygen atoms in total. The summed E-state index contributed by atoms with van der Waals surface area (Å²) < 4.78 is 13.5. The maximum atomic E-state index is 13.5. The molecule has 0 aromatic heterocycles. The van der Waals surface area contributed by atoms with Gasteiger partial charge in [0, 0.05) is 11.4 Å². The Kier molecular flexibility index (Phi) is 6.09. The maximum Gasteiger partial charge on any atom is 0.243 e. The number of hydrogen-bond acceptors (Lipinski definition) is 2. The lowest BCUT2D eigenvalue weighted by molar-refractivity contribution is -0.115. The van der Waals surface area contributed by atoms with Gasteiger partial charge < -0.3 is 16.0 Å². The molecular weight excluding hydrogens is 337 g/mol. The molecule has 25 heavy (non-hydrogen) atoms.